The summed E-state index contributed by atoms with van der Waals surface area (Å²) in [5.41, 5.74) is 2.18. The molecule has 188 valence electrons. The summed E-state index contributed by atoms with van der Waals surface area (Å²) >= 11 is 0. The summed E-state index contributed by atoms with van der Waals surface area (Å²) in [6, 6.07) is 23.3. The zero-order valence-corrected chi connectivity index (χ0v) is 20.1. The molecule has 0 fully saturated rings. The van der Waals surface area contributed by atoms with E-state index in [9.17, 15) is 22.8 Å². The number of hydrogen-bond donors (Lipinski definition) is 0. The molecule has 37 heavy (non-hydrogen) atoms. The van der Waals surface area contributed by atoms with Crippen molar-refractivity contribution in [1.29, 1.82) is 0 Å². The zero-order valence-electron chi connectivity index (χ0n) is 20.1. The lowest BCUT2D eigenvalue weighted by Crippen LogP contribution is -2.42. The molecule has 0 radical (unpaired) electrons. The Bertz CT molecular complexity index is 1440. The van der Waals surface area contributed by atoms with Crippen LogP contribution in [0.2, 0.25) is 0 Å². The van der Waals surface area contributed by atoms with Crippen molar-refractivity contribution in [3.8, 4) is 0 Å². The summed E-state index contributed by atoms with van der Waals surface area (Å²) in [5, 5.41) is 0. The number of aromatic nitrogens is 2. The standard InChI is InChI=1S/C29H24F3N3O2/c1-19-33-25-18-34(27(36)22-12-14-23(15-13-22)29(30,31)32)17-16-24(25)28(37)35(19)26(20-8-4-2-5-9-20)21-10-6-3-7-11-21/h2-15,26H,16-18H2,1H3. The Balaban J connectivity index is 1.48. The van der Waals surface area contributed by atoms with Crippen molar-refractivity contribution >= 4 is 5.91 Å². The fraction of sp³-hybridized carbons (Fsp3) is 0.207. The molecule has 0 N–H and O–H groups in total. The molecule has 0 bridgehead atoms. The molecule has 0 unspecified atom stereocenters. The van der Waals surface area contributed by atoms with Gasteiger partial charge in [-0.05, 0) is 48.7 Å². The van der Waals surface area contributed by atoms with E-state index in [1.54, 1.807) is 11.5 Å². The van der Waals surface area contributed by atoms with Crippen LogP contribution < -0.4 is 5.56 Å². The molecule has 5 rings (SSSR count). The first-order chi connectivity index (χ1) is 17.7. The van der Waals surface area contributed by atoms with E-state index in [-0.39, 0.29) is 30.3 Å². The Labute approximate surface area is 211 Å². The van der Waals surface area contributed by atoms with Gasteiger partial charge in [-0.15, -0.1) is 0 Å². The van der Waals surface area contributed by atoms with Gasteiger partial charge in [-0.1, -0.05) is 60.7 Å². The third-order valence-electron chi connectivity index (χ3n) is 6.68. The molecule has 1 aromatic heterocycles. The van der Waals surface area contributed by atoms with Gasteiger partial charge < -0.3 is 4.90 Å². The number of alkyl halides is 3. The highest BCUT2D eigenvalue weighted by atomic mass is 19.4. The maximum absolute atomic E-state index is 13.8. The monoisotopic (exact) mass is 503 g/mol. The van der Waals surface area contributed by atoms with Crippen LogP contribution in [0.15, 0.2) is 89.7 Å². The van der Waals surface area contributed by atoms with Gasteiger partial charge >= 0.3 is 6.18 Å². The Kier molecular flexibility index (Phi) is 6.41. The molecule has 3 aromatic carbocycles. The van der Waals surface area contributed by atoms with Crippen molar-refractivity contribution in [3.63, 3.8) is 0 Å². The summed E-state index contributed by atoms with van der Waals surface area (Å²) in [6.45, 7) is 2.17. The minimum Gasteiger partial charge on any atom is -0.332 e. The lowest BCUT2D eigenvalue weighted by molar-refractivity contribution is -0.137. The van der Waals surface area contributed by atoms with Crippen molar-refractivity contribution in [2.75, 3.05) is 6.54 Å². The van der Waals surface area contributed by atoms with Gasteiger partial charge in [-0.3, -0.25) is 14.2 Å². The van der Waals surface area contributed by atoms with E-state index in [2.05, 4.69) is 0 Å². The third kappa shape index (κ3) is 4.79. The SMILES string of the molecule is Cc1nc2c(c(=O)n1C(c1ccccc1)c1ccccc1)CCN(C(=O)c1ccc(C(F)(F)F)cc1)C2. The average Bonchev–Trinajstić information content (AvgIpc) is 2.91. The molecular weight excluding hydrogens is 479 g/mol. The van der Waals surface area contributed by atoms with Crippen molar-refractivity contribution in [1.82, 2.24) is 14.5 Å². The average molecular weight is 504 g/mol. The van der Waals surface area contributed by atoms with E-state index in [0.29, 0.717) is 23.5 Å². The normalized spacial score (nSPS) is 13.5. The molecule has 2 heterocycles. The predicted octanol–water partition coefficient (Wildman–Crippen LogP) is 5.41. The summed E-state index contributed by atoms with van der Waals surface area (Å²) in [6.07, 6.45) is -4.16. The van der Waals surface area contributed by atoms with Crippen LogP contribution in [0.4, 0.5) is 13.2 Å². The second-order valence-corrected chi connectivity index (χ2v) is 9.04. The van der Waals surface area contributed by atoms with Gasteiger partial charge in [0.1, 0.15) is 5.82 Å². The minimum atomic E-state index is -4.47. The molecule has 1 amide bonds. The molecule has 0 spiro atoms. The van der Waals surface area contributed by atoms with E-state index < -0.39 is 17.6 Å². The number of hydrogen-bond acceptors (Lipinski definition) is 3. The minimum absolute atomic E-state index is 0.119. The van der Waals surface area contributed by atoms with Gasteiger partial charge in [0, 0.05) is 17.7 Å². The molecule has 8 heteroatoms. The van der Waals surface area contributed by atoms with Gasteiger partial charge in [-0.25, -0.2) is 4.98 Å². The van der Waals surface area contributed by atoms with Crippen LogP contribution in [-0.4, -0.2) is 26.9 Å². The molecule has 0 saturated carbocycles. The first-order valence-electron chi connectivity index (χ1n) is 11.9. The largest absolute Gasteiger partial charge is 0.416 e. The number of halogens is 3. The first kappa shape index (κ1) is 24.5. The third-order valence-corrected chi connectivity index (χ3v) is 6.68. The number of fused-ring (bicyclic) bond motifs is 1. The van der Waals surface area contributed by atoms with Crippen LogP contribution in [0, 0.1) is 6.92 Å². The summed E-state index contributed by atoms with van der Waals surface area (Å²) in [4.78, 5) is 33.1. The van der Waals surface area contributed by atoms with Crippen LogP contribution in [-0.2, 0) is 19.1 Å². The summed E-state index contributed by atoms with van der Waals surface area (Å²) in [7, 11) is 0. The van der Waals surface area contributed by atoms with Crippen molar-refractivity contribution < 1.29 is 18.0 Å². The Morgan fingerprint density at radius 3 is 2.00 bits per heavy atom. The molecule has 4 aromatic rings. The lowest BCUT2D eigenvalue weighted by Gasteiger charge is -2.30. The van der Waals surface area contributed by atoms with E-state index in [0.717, 1.165) is 23.3 Å². The van der Waals surface area contributed by atoms with Crippen LogP contribution in [0.25, 0.3) is 0 Å². The topological polar surface area (TPSA) is 55.2 Å². The Morgan fingerprint density at radius 2 is 1.46 bits per heavy atom. The predicted molar refractivity (Wildman–Crippen MR) is 133 cm³/mol. The number of carbonyl (C=O) groups excluding carboxylic acids is 1. The van der Waals surface area contributed by atoms with E-state index in [1.165, 1.54) is 17.0 Å². The number of rotatable bonds is 4. The van der Waals surface area contributed by atoms with E-state index in [1.807, 2.05) is 60.7 Å². The number of aryl methyl sites for hydroxylation is 1. The Hall–Kier alpha value is -4.20. The molecule has 0 atom stereocenters. The quantitative estimate of drug-likeness (QED) is 0.375. The highest BCUT2D eigenvalue weighted by Crippen LogP contribution is 2.30. The Morgan fingerprint density at radius 1 is 0.892 bits per heavy atom. The van der Waals surface area contributed by atoms with Crippen molar-refractivity contribution in [2.45, 2.75) is 32.1 Å². The van der Waals surface area contributed by atoms with Gasteiger partial charge in [-0.2, -0.15) is 13.2 Å². The fourth-order valence-corrected chi connectivity index (χ4v) is 4.84. The molecule has 5 nitrogen and oxygen atoms in total. The second-order valence-electron chi connectivity index (χ2n) is 9.04. The summed E-state index contributed by atoms with van der Waals surface area (Å²) < 4.78 is 40.4. The van der Waals surface area contributed by atoms with Crippen LogP contribution in [0.5, 0.6) is 0 Å². The molecular formula is C29H24F3N3O2. The van der Waals surface area contributed by atoms with Gasteiger partial charge in [0.25, 0.3) is 11.5 Å². The lowest BCUT2D eigenvalue weighted by atomic mass is 9.97. The van der Waals surface area contributed by atoms with Crippen molar-refractivity contribution in [2.24, 2.45) is 0 Å². The highest BCUT2D eigenvalue weighted by Gasteiger charge is 2.32. The number of benzene rings is 3. The second kappa shape index (κ2) is 9.69. The first-order valence-corrected chi connectivity index (χ1v) is 11.9. The van der Waals surface area contributed by atoms with E-state index >= 15 is 0 Å². The maximum Gasteiger partial charge on any atom is 0.416 e. The van der Waals surface area contributed by atoms with Crippen LogP contribution in [0.1, 0.15) is 50.2 Å². The van der Waals surface area contributed by atoms with Gasteiger partial charge in [0.2, 0.25) is 0 Å². The molecule has 0 aliphatic carbocycles. The number of nitrogens with zero attached hydrogens (tertiary/aromatic N) is 3. The van der Waals surface area contributed by atoms with Crippen LogP contribution in [0.3, 0.4) is 0 Å². The summed E-state index contributed by atoms with van der Waals surface area (Å²) in [5.74, 6) is 0.125. The smallest absolute Gasteiger partial charge is 0.332 e. The number of carbonyl (C=O) groups is 1. The zero-order chi connectivity index (χ0) is 26.2. The van der Waals surface area contributed by atoms with Crippen molar-refractivity contribution in [3.05, 3.63) is 135 Å². The highest BCUT2D eigenvalue weighted by molar-refractivity contribution is 5.94. The maximum atomic E-state index is 13.8. The van der Waals surface area contributed by atoms with Gasteiger partial charge in [0.05, 0.1) is 23.8 Å². The fourth-order valence-electron chi connectivity index (χ4n) is 4.84. The van der Waals surface area contributed by atoms with Gasteiger partial charge in [0.15, 0.2) is 0 Å². The van der Waals surface area contributed by atoms with E-state index in [4.69, 9.17) is 4.98 Å². The van der Waals surface area contributed by atoms with Crippen LogP contribution >= 0.6 is 0 Å². The molecule has 0 saturated heterocycles. The number of amides is 1. The molecule has 1 aliphatic rings. The molecule has 1 aliphatic heterocycles.